The van der Waals surface area contributed by atoms with E-state index in [1.807, 2.05) is 37.5 Å². The molecule has 1 N–H and O–H groups in total. The van der Waals surface area contributed by atoms with Crippen LogP contribution in [0.15, 0.2) is 36.7 Å². The first-order valence-electron chi connectivity index (χ1n) is 7.71. The van der Waals surface area contributed by atoms with E-state index < -0.39 is 5.41 Å². The largest absolute Gasteiger partial charge is 0.334 e. The molecule has 1 spiro atoms. The Labute approximate surface area is 134 Å². The summed E-state index contributed by atoms with van der Waals surface area (Å²) in [6, 6.07) is 7.43. The molecule has 2 amide bonds. The molecule has 118 valence electrons. The van der Waals surface area contributed by atoms with Crippen LogP contribution in [0.25, 0.3) is 0 Å². The van der Waals surface area contributed by atoms with Crippen LogP contribution in [0.2, 0.25) is 0 Å². The average molecular weight is 310 g/mol. The minimum Gasteiger partial charge on any atom is -0.334 e. The summed E-state index contributed by atoms with van der Waals surface area (Å²) in [5.74, 6) is -0.0517. The van der Waals surface area contributed by atoms with E-state index in [0.29, 0.717) is 13.0 Å². The Hall–Kier alpha value is -2.63. The fourth-order valence-corrected chi connectivity index (χ4v) is 4.07. The van der Waals surface area contributed by atoms with Crippen molar-refractivity contribution < 1.29 is 9.59 Å². The Kier molecular flexibility index (Phi) is 2.85. The van der Waals surface area contributed by atoms with Crippen LogP contribution < -0.4 is 5.32 Å². The van der Waals surface area contributed by atoms with E-state index in [-0.39, 0.29) is 17.9 Å². The van der Waals surface area contributed by atoms with Crippen LogP contribution in [0.5, 0.6) is 0 Å². The van der Waals surface area contributed by atoms with Crippen LogP contribution >= 0.6 is 0 Å². The number of aromatic nitrogens is 2. The van der Waals surface area contributed by atoms with Crippen molar-refractivity contribution in [1.82, 2.24) is 14.7 Å². The number of para-hydroxylation sites is 1. The number of hydrogen-bond donors (Lipinski definition) is 1. The van der Waals surface area contributed by atoms with E-state index in [4.69, 9.17) is 0 Å². The number of carbonyl (C=O) groups is 2. The summed E-state index contributed by atoms with van der Waals surface area (Å²) in [5, 5.41) is 7.23. The first-order valence-corrected chi connectivity index (χ1v) is 7.71. The van der Waals surface area contributed by atoms with E-state index in [9.17, 15) is 9.59 Å². The molecule has 0 bridgehead atoms. The van der Waals surface area contributed by atoms with Crippen molar-refractivity contribution in [2.24, 2.45) is 7.05 Å². The van der Waals surface area contributed by atoms with Crippen molar-refractivity contribution in [2.75, 3.05) is 11.9 Å². The molecule has 4 rings (SSSR count). The van der Waals surface area contributed by atoms with Crippen LogP contribution in [0.4, 0.5) is 5.69 Å². The Bertz CT molecular complexity index is 812. The number of nitrogens with one attached hydrogen (secondary N) is 1. The normalized spacial score (nSPS) is 25.7. The first kappa shape index (κ1) is 14.0. The highest BCUT2D eigenvalue weighted by Gasteiger charge is 2.59. The molecule has 1 fully saturated rings. The summed E-state index contributed by atoms with van der Waals surface area (Å²) in [6.07, 6.45) is 4.26. The van der Waals surface area contributed by atoms with Gasteiger partial charge in [-0.1, -0.05) is 18.2 Å². The molecule has 2 atom stereocenters. The van der Waals surface area contributed by atoms with Crippen molar-refractivity contribution in [2.45, 2.75) is 24.8 Å². The number of anilines is 1. The van der Waals surface area contributed by atoms with Gasteiger partial charge < -0.3 is 10.2 Å². The predicted molar refractivity (Wildman–Crippen MR) is 84.7 cm³/mol. The van der Waals surface area contributed by atoms with Gasteiger partial charge in [-0.15, -0.1) is 0 Å². The maximum absolute atomic E-state index is 12.9. The van der Waals surface area contributed by atoms with Crippen LogP contribution in [0, 0.1) is 0 Å². The average Bonchev–Trinajstić information content (AvgIpc) is 3.18. The van der Waals surface area contributed by atoms with Gasteiger partial charge in [-0.05, 0) is 18.1 Å². The van der Waals surface area contributed by atoms with Gasteiger partial charge in [0.25, 0.3) is 0 Å². The summed E-state index contributed by atoms with van der Waals surface area (Å²) in [5.41, 5.74) is 1.98. The number of benzene rings is 1. The molecule has 1 saturated heterocycles. The van der Waals surface area contributed by atoms with Crippen LogP contribution in [-0.2, 0) is 22.1 Å². The third-order valence-corrected chi connectivity index (χ3v) is 5.03. The fourth-order valence-electron chi connectivity index (χ4n) is 4.07. The zero-order chi connectivity index (χ0) is 16.2. The lowest BCUT2D eigenvalue weighted by atomic mass is 9.73. The quantitative estimate of drug-likeness (QED) is 0.870. The molecule has 0 saturated carbocycles. The number of fused-ring (bicyclic) bond motifs is 2. The smallest absolute Gasteiger partial charge is 0.237 e. The molecule has 1 aromatic heterocycles. The molecule has 2 aromatic rings. The predicted octanol–water partition coefficient (Wildman–Crippen LogP) is 1.60. The van der Waals surface area contributed by atoms with E-state index >= 15 is 0 Å². The Balaban J connectivity index is 1.93. The molecule has 0 radical (unpaired) electrons. The van der Waals surface area contributed by atoms with Gasteiger partial charge in [0.05, 0.1) is 12.2 Å². The SMILES string of the molecule is CC(=O)N1CC[C@]2(C(=O)Nc3ccccc32)[C@@H]1c1cnn(C)c1. The van der Waals surface area contributed by atoms with Crippen molar-refractivity contribution in [1.29, 1.82) is 0 Å². The number of hydrogen-bond acceptors (Lipinski definition) is 3. The number of likely N-dealkylation sites (tertiary alicyclic amines) is 1. The Morgan fingerprint density at radius 2 is 2.17 bits per heavy atom. The highest BCUT2D eigenvalue weighted by Crippen LogP contribution is 2.54. The molecule has 3 heterocycles. The molecule has 6 nitrogen and oxygen atoms in total. The molecule has 23 heavy (non-hydrogen) atoms. The minimum absolute atomic E-state index is 0.0205. The second-order valence-electron chi connectivity index (χ2n) is 6.28. The van der Waals surface area contributed by atoms with Crippen molar-refractivity contribution in [3.63, 3.8) is 0 Å². The monoisotopic (exact) mass is 310 g/mol. The third-order valence-electron chi connectivity index (χ3n) is 5.03. The summed E-state index contributed by atoms with van der Waals surface area (Å²) in [4.78, 5) is 26.9. The van der Waals surface area contributed by atoms with Gasteiger partial charge in [0.2, 0.25) is 11.8 Å². The van der Waals surface area contributed by atoms with Crippen molar-refractivity contribution >= 4 is 17.5 Å². The minimum atomic E-state index is -0.731. The lowest BCUT2D eigenvalue weighted by Crippen LogP contribution is -2.42. The number of nitrogens with zero attached hydrogens (tertiary/aromatic N) is 3. The molecule has 2 aliphatic heterocycles. The standard InChI is InChI=1S/C17H18N4O2/c1-11(22)21-8-7-17(15(21)12-9-18-20(2)10-12)13-5-3-4-6-14(13)19-16(17)23/h3-6,9-10,15H,7-8H2,1-2H3,(H,19,23)/t15-,17+/m0/s1. The summed E-state index contributed by atoms with van der Waals surface area (Å²) < 4.78 is 1.71. The third kappa shape index (κ3) is 1.78. The van der Waals surface area contributed by atoms with E-state index in [1.165, 1.54) is 0 Å². The van der Waals surface area contributed by atoms with E-state index in [1.54, 1.807) is 22.7 Å². The molecule has 0 aliphatic carbocycles. The van der Waals surface area contributed by atoms with Gasteiger partial charge in [0.15, 0.2) is 0 Å². The number of rotatable bonds is 1. The number of carbonyl (C=O) groups excluding carboxylic acids is 2. The Morgan fingerprint density at radius 1 is 1.39 bits per heavy atom. The fraction of sp³-hybridized carbons (Fsp3) is 0.353. The highest BCUT2D eigenvalue weighted by atomic mass is 16.2. The van der Waals surface area contributed by atoms with Gasteiger partial charge in [0.1, 0.15) is 5.41 Å². The first-order chi connectivity index (χ1) is 11.0. The van der Waals surface area contributed by atoms with Gasteiger partial charge in [-0.25, -0.2) is 0 Å². The number of aryl methyl sites for hydroxylation is 1. The van der Waals surface area contributed by atoms with Crippen molar-refractivity contribution in [3.05, 3.63) is 47.8 Å². The summed E-state index contributed by atoms with van der Waals surface area (Å²) >= 11 is 0. The van der Waals surface area contributed by atoms with Gasteiger partial charge >= 0.3 is 0 Å². The molecule has 1 aromatic carbocycles. The van der Waals surface area contributed by atoms with Gasteiger partial charge in [-0.2, -0.15) is 5.10 Å². The lowest BCUT2D eigenvalue weighted by Gasteiger charge is -2.32. The maximum atomic E-state index is 12.9. The zero-order valence-corrected chi connectivity index (χ0v) is 13.1. The zero-order valence-electron chi connectivity index (χ0n) is 13.1. The van der Waals surface area contributed by atoms with E-state index in [2.05, 4.69) is 10.4 Å². The molecular weight excluding hydrogens is 292 g/mol. The van der Waals surface area contributed by atoms with Crippen LogP contribution in [0.1, 0.15) is 30.5 Å². The summed E-state index contributed by atoms with van der Waals surface area (Å²) in [6.45, 7) is 2.12. The molecule has 6 heteroatoms. The van der Waals surface area contributed by atoms with Gasteiger partial charge in [-0.3, -0.25) is 14.3 Å². The summed E-state index contributed by atoms with van der Waals surface area (Å²) in [7, 11) is 1.84. The highest BCUT2D eigenvalue weighted by molar-refractivity contribution is 6.07. The topological polar surface area (TPSA) is 67.2 Å². The second kappa shape index (κ2) is 4.68. The lowest BCUT2D eigenvalue weighted by molar-refractivity contribution is -0.131. The second-order valence-corrected chi connectivity index (χ2v) is 6.28. The molecule has 0 unspecified atom stereocenters. The van der Waals surface area contributed by atoms with E-state index in [0.717, 1.165) is 16.8 Å². The molecule has 2 aliphatic rings. The van der Waals surface area contributed by atoms with Gasteiger partial charge in [0, 0.05) is 38.0 Å². The van der Waals surface area contributed by atoms with Crippen molar-refractivity contribution in [3.8, 4) is 0 Å². The Morgan fingerprint density at radius 3 is 2.87 bits per heavy atom. The van der Waals surface area contributed by atoms with Crippen LogP contribution in [-0.4, -0.2) is 33.0 Å². The molecular formula is C17H18N4O2. The maximum Gasteiger partial charge on any atom is 0.237 e. The van der Waals surface area contributed by atoms with Crippen LogP contribution in [0.3, 0.4) is 0 Å². The number of amides is 2.